The van der Waals surface area contributed by atoms with Gasteiger partial charge in [0, 0.05) is 32.4 Å². The number of rotatable bonds is 14. The molecule has 1 aliphatic heterocycles. The monoisotopic (exact) mass is 470 g/mol. The molecule has 0 amide bonds. The smallest absolute Gasteiger partial charge is 0.371 e. The third kappa shape index (κ3) is 8.27. The number of nitrogens with one attached hydrogen (secondary N) is 1. The summed E-state index contributed by atoms with van der Waals surface area (Å²) in [5, 5.41) is 3.40. The molecule has 0 fully saturated rings. The Balaban J connectivity index is 1.38. The van der Waals surface area contributed by atoms with E-state index in [1.165, 1.54) is 12.0 Å². The van der Waals surface area contributed by atoms with Gasteiger partial charge in [0.05, 0.1) is 6.61 Å². The average molecular weight is 471 g/mol. The number of hydrogen-bond donors (Lipinski definition) is 2. The first kappa shape index (κ1) is 25.9. The molecule has 0 saturated heterocycles. The van der Waals surface area contributed by atoms with Gasteiger partial charge in [0.25, 0.3) is 0 Å². The van der Waals surface area contributed by atoms with E-state index in [0.717, 1.165) is 62.4 Å². The molecule has 0 aliphatic carbocycles. The molecule has 0 unspecified atom stereocenters. The van der Waals surface area contributed by atoms with Crippen LogP contribution in [0.5, 0.6) is 5.75 Å². The number of pyridine rings is 1. The van der Waals surface area contributed by atoms with Crippen molar-refractivity contribution in [1.29, 1.82) is 0 Å². The molecular weight excluding hydrogens is 432 g/mol. The van der Waals surface area contributed by atoms with Crippen LogP contribution in [0.4, 0.5) is 5.82 Å². The molecule has 1 aromatic carbocycles. The number of methoxy groups -OCH3 is 1. The van der Waals surface area contributed by atoms with Gasteiger partial charge in [-0.1, -0.05) is 24.3 Å². The number of anilines is 1. The number of aryl methyl sites for hydroxylation is 3. The highest BCUT2D eigenvalue weighted by Gasteiger charge is 2.19. The zero-order valence-electron chi connectivity index (χ0n) is 20.4. The highest BCUT2D eigenvalue weighted by atomic mass is 17.2. The number of nitrogens with two attached hydrogens (primary N) is 1. The third-order valence-electron chi connectivity index (χ3n) is 6.09. The van der Waals surface area contributed by atoms with Crippen molar-refractivity contribution in [2.24, 2.45) is 5.73 Å². The molecule has 0 saturated carbocycles. The topological polar surface area (TPSA) is 98.9 Å². The maximum Gasteiger partial charge on any atom is 0.371 e. The van der Waals surface area contributed by atoms with Gasteiger partial charge in [-0.05, 0) is 75.3 Å². The number of carbonyl (C=O) groups excluding carboxylic acids is 1. The molecule has 0 spiro atoms. The zero-order valence-corrected chi connectivity index (χ0v) is 20.4. The number of para-hydroxylation sites is 1. The Bertz CT molecular complexity index is 908. The van der Waals surface area contributed by atoms with Gasteiger partial charge in [-0.25, -0.2) is 14.7 Å². The van der Waals surface area contributed by atoms with Crippen molar-refractivity contribution >= 4 is 11.8 Å². The summed E-state index contributed by atoms with van der Waals surface area (Å²) in [6.07, 6.45) is 5.80. The number of carbonyl (C=O) groups is 1. The van der Waals surface area contributed by atoms with Crippen molar-refractivity contribution in [1.82, 2.24) is 9.88 Å². The molecule has 1 atom stereocenters. The fourth-order valence-corrected chi connectivity index (χ4v) is 3.94. The predicted octanol–water partition coefficient (Wildman–Crippen LogP) is 3.27. The van der Waals surface area contributed by atoms with E-state index in [1.807, 2.05) is 25.1 Å². The van der Waals surface area contributed by atoms with Gasteiger partial charge in [0.15, 0.2) is 5.75 Å². The molecule has 2 heterocycles. The minimum Gasteiger partial charge on any atom is -0.383 e. The van der Waals surface area contributed by atoms with Gasteiger partial charge >= 0.3 is 5.97 Å². The molecule has 186 valence electrons. The second kappa shape index (κ2) is 13.9. The van der Waals surface area contributed by atoms with Crippen LogP contribution in [0, 0.1) is 6.92 Å². The van der Waals surface area contributed by atoms with E-state index in [-0.39, 0.29) is 0 Å². The molecule has 2 aromatic rings. The van der Waals surface area contributed by atoms with E-state index in [4.69, 9.17) is 25.2 Å². The SMILES string of the molecule is COCCN(CCCCc1ccc2c(n1)NCCC2)CC[C@H](N)C(=O)OOc1ccccc1C. The predicted molar refractivity (Wildman–Crippen MR) is 133 cm³/mol. The summed E-state index contributed by atoms with van der Waals surface area (Å²) in [5.41, 5.74) is 9.40. The fraction of sp³-hybridized carbons (Fsp3) is 0.538. The molecule has 8 nitrogen and oxygen atoms in total. The van der Waals surface area contributed by atoms with Crippen LogP contribution in [0.3, 0.4) is 0 Å². The Morgan fingerprint density at radius 2 is 2.03 bits per heavy atom. The number of ether oxygens (including phenoxy) is 1. The molecule has 34 heavy (non-hydrogen) atoms. The molecule has 0 radical (unpaired) electrons. The number of fused-ring (bicyclic) bond motifs is 1. The molecule has 8 heteroatoms. The van der Waals surface area contributed by atoms with Crippen LogP contribution < -0.4 is 15.9 Å². The molecule has 3 N–H and O–H groups in total. The van der Waals surface area contributed by atoms with Crippen LogP contribution >= 0.6 is 0 Å². The van der Waals surface area contributed by atoms with Gasteiger partial charge in [0.1, 0.15) is 11.9 Å². The Kier molecular flexibility index (Phi) is 10.6. The first-order valence-electron chi connectivity index (χ1n) is 12.2. The quantitative estimate of drug-likeness (QED) is 0.247. The lowest BCUT2D eigenvalue weighted by atomic mass is 10.1. The van der Waals surface area contributed by atoms with Crippen LogP contribution in [-0.4, -0.2) is 61.8 Å². The number of hydrogen-bond acceptors (Lipinski definition) is 8. The van der Waals surface area contributed by atoms with Gasteiger partial charge in [-0.3, -0.25) is 4.89 Å². The van der Waals surface area contributed by atoms with Crippen LogP contribution in [-0.2, 0) is 27.3 Å². The number of unbranched alkanes of at least 4 members (excludes halogenated alkanes) is 1. The standard InChI is InChI=1S/C26H38N4O4/c1-20-8-3-4-11-24(20)33-34-26(31)23(27)14-17-30(18-19-32-2)16-6-5-10-22-13-12-21-9-7-15-28-25(21)29-22/h3-4,8,11-13,23H,5-7,9-10,14-19,27H2,1-2H3,(H,28,29)/t23-/m0/s1. The lowest BCUT2D eigenvalue weighted by molar-refractivity contribution is -0.215. The second-order valence-electron chi connectivity index (χ2n) is 8.78. The summed E-state index contributed by atoms with van der Waals surface area (Å²) in [5.74, 6) is 0.994. The van der Waals surface area contributed by atoms with E-state index in [9.17, 15) is 4.79 Å². The van der Waals surface area contributed by atoms with Crippen LogP contribution in [0.2, 0.25) is 0 Å². The Morgan fingerprint density at radius 3 is 2.85 bits per heavy atom. The van der Waals surface area contributed by atoms with Crippen molar-refractivity contribution in [3.05, 3.63) is 53.2 Å². The Hall–Kier alpha value is -2.68. The molecule has 3 rings (SSSR count). The van der Waals surface area contributed by atoms with E-state index in [0.29, 0.717) is 25.3 Å². The van der Waals surface area contributed by atoms with Crippen molar-refractivity contribution in [2.45, 2.75) is 51.5 Å². The number of nitrogens with zero attached hydrogens (tertiary/aromatic N) is 2. The van der Waals surface area contributed by atoms with E-state index in [1.54, 1.807) is 13.2 Å². The highest BCUT2D eigenvalue weighted by Crippen LogP contribution is 2.20. The van der Waals surface area contributed by atoms with Crippen molar-refractivity contribution < 1.29 is 19.3 Å². The van der Waals surface area contributed by atoms with Crippen molar-refractivity contribution in [3.8, 4) is 5.75 Å². The van der Waals surface area contributed by atoms with Gasteiger partial charge in [-0.15, -0.1) is 0 Å². The second-order valence-corrected chi connectivity index (χ2v) is 8.78. The van der Waals surface area contributed by atoms with Gasteiger partial charge < -0.3 is 20.7 Å². The van der Waals surface area contributed by atoms with Crippen LogP contribution in [0.1, 0.15) is 42.5 Å². The Morgan fingerprint density at radius 1 is 1.18 bits per heavy atom. The maximum absolute atomic E-state index is 12.2. The molecular formula is C26H38N4O4. The van der Waals surface area contributed by atoms with Crippen molar-refractivity contribution in [2.75, 3.05) is 45.2 Å². The number of benzene rings is 1. The number of aromatic nitrogens is 1. The average Bonchev–Trinajstić information content (AvgIpc) is 2.86. The zero-order chi connectivity index (χ0) is 24.2. The molecule has 1 aromatic heterocycles. The highest BCUT2D eigenvalue weighted by molar-refractivity contribution is 5.75. The van der Waals surface area contributed by atoms with Crippen LogP contribution in [0.15, 0.2) is 36.4 Å². The first-order chi connectivity index (χ1) is 16.6. The Labute approximate surface area is 202 Å². The first-order valence-corrected chi connectivity index (χ1v) is 12.2. The summed E-state index contributed by atoms with van der Waals surface area (Å²) in [6, 6.07) is 11.0. The molecule has 1 aliphatic rings. The minimum absolute atomic E-state index is 0.484. The lowest BCUT2D eigenvalue weighted by Gasteiger charge is -2.23. The van der Waals surface area contributed by atoms with E-state index < -0.39 is 12.0 Å². The van der Waals surface area contributed by atoms with E-state index in [2.05, 4.69) is 22.3 Å². The van der Waals surface area contributed by atoms with Gasteiger partial charge in [-0.2, -0.15) is 0 Å². The van der Waals surface area contributed by atoms with Gasteiger partial charge in [0.2, 0.25) is 0 Å². The summed E-state index contributed by atoms with van der Waals surface area (Å²) < 4.78 is 5.25. The molecule has 0 bridgehead atoms. The normalized spacial score (nSPS) is 13.8. The summed E-state index contributed by atoms with van der Waals surface area (Å²) in [4.78, 5) is 29.4. The third-order valence-corrected chi connectivity index (χ3v) is 6.09. The maximum atomic E-state index is 12.2. The lowest BCUT2D eigenvalue weighted by Crippen LogP contribution is -2.38. The summed E-state index contributed by atoms with van der Waals surface area (Å²) in [7, 11) is 1.69. The minimum atomic E-state index is -0.749. The summed E-state index contributed by atoms with van der Waals surface area (Å²) in [6.45, 7) is 5.91. The van der Waals surface area contributed by atoms with E-state index >= 15 is 0 Å². The summed E-state index contributed by atoms with van der Waals surface area (Å²) >= 11 is 0. The van der Waals surface area contributed by atoms with Crippen LogP contribution in [0.25, 0.3) is 0 Å². The largest absolute Gasteiger partial charge is 0.383 e. The van der Waals surface area contributed by atoms with Crippen molar-refractivity contribution in [3.63, 3.8) is 0 Å². The fourth-order valence-electron chi connectivity index (χ4n) is 3.94.